The second kappa shape index (κ2) is 2.21. The van der Waals surface area contributed by atoms with Gasteiger partial charge in [-0.3, -0.25) is 4.79 Å². The Labute approximate surface area is 66.3 Å². The highest BCUT2D eigenvalue weighted by molar-refractivity contribution is 5.85. The first-order valence-electron chi connectivity index (χ1n) is 4.31. The predicted octanol–water partition coefficient (Wildman–Crippen LogP) is 0.00390. The number of hydrogen-bond donors (Lipinski definition) is 2. The molecule has 1 amide bonds. The summed E-state index contributed by atoms with van der Waals surface area (Å²) in [5.74, 6) is 0.403. The van der Waals surface area contributed by atoms with Crippen molar-refractivity contribution in [3.63, 3.8) is 0 Å². The maximum absolute atomic E-state index is 11.2. The maximum atomic E-state index is 11.2. The molecule has 1 saturated heterocycles. The van der Waals surface area contributed by atoms with Crippen LogP contribution in [0, 0.1) is 5.92 Å². The summed E-state index contributed by atoms with van der Waals surface area (Å²) >= 11 is 0. The molecule has 2 aliphatic rings. The molecule has 2 rings (SSSR count). The summed E-state index contributed by atoms with van der Waals surface area (Å²) in [5.41, 5.74) is 5.07. The Hall–Kier alpha value is -0.570. The highest BCUT2D eigenvalue weighted by atomic mass is 16.1. The Morgan fingerprint density at radius 1 is 1.55 bits per heavy atom. The Kier molecular flexibility index (Phi) is 1.42. The highest BCUT2D eigenvalue weighted by Crippen LogP contribution is 2.43. The summed E-state index contributed by atoms with van der Waals surface area (Å²) in [6.07, 6.45) is 4.40. The monoisotopic (exact) mass is 154 g/mol. The quantitative estimate of drug-likeness (QED) is 0.588. The van der Waals surface area contributed by atoms with Gasteiger partial charge in [0, 0.05) is 0 Å². The van der Waals surface area contributed by atoms with Gasteiger partial charge in [-0.15, -0.1) is 0 Å². The molecule has 0 bridgehead atoms. The fourth-order valence-corrected chi connectivity index (χ4v) is 2.10. The molecule has 11 heavy (non-hydrogen) atoms. The molecular formula is C8H14N2O. The van der Waals surface area contributed by atoms with Crippen molar-refractivity contribution in [1.82, 2.24) is 5.32 Å². The summed E-state index contributed by atoms with van der Waals surface area (Å²) in [6, 6.07) is 0. The van der Waals surface area contributed by atoms with Gasteiger partial charge in [0.15, 0.2) is 0 Å². The number of primary amides is 1. The fourth-order valence-electron chi connectivity index (χ4n) is 2.10. The predicted molar refractivity (Wildman–Crippen MR) is 41.9 cm³/mol. The summed E-state index contributed by atoms with van der Waals surface area (Å²) in [5, 5.41) is 3.26. The Balaban J connectivity index is 2.17. The largest absolute Gasteiger partial charge is 0.368 e. The topological polar surface area (TPSA) is 55.1 Å². The first-order chi connectivity index (χ1) is 5.26. The van der Waals surface area contributed by atoms with Crippen molar-refractivity contribution in [2.75, 3.05) is 6.54 Å². The van der Waals surface area contributed by atoms with Crippen LogP contribution in [0.15, 0.2) is 0 Å². The van der Waals surface area contributed by atoms with E-state index in [2.05, 4.69) is 5.32 Å². The molecule has 0 radical (unpaired) electrons. The molecule has 3 N–H and O–H groups in total. The standard InChI is InChI=1S/C8H14N2O/c9-7(11)8(6-2-3-6)4-1-5-10-8/h6,10H,1-5H2,(H2,9,11). The number of nitrogens with one attached hydrogen (secondary N) is 1. The summed E-state index contributed by atoms with van der Waals surface area (Å²) in [6.45, 7) is 0.958. The van der Waals surface area contributed by atoms with Gasteiger partial charge in [-0.2, -0.15) is 0 Å². The summed E-state index contributed by atoms with van der Waals surface area (Å²) in [4.78, 5) is 11.2. The molecule has 2 fully saturated rings. The van der Waals surface area contributed by atoms with Crippen molar-refractivity contribution < 1.29 is 4.79 Å². The molecule has 0 aromatic heterocycles. The molecule has 0 aromatic rings. The molecule has 3 nitrogen and oxygen atoms in total. The average Bonchev–Trinajstić information content (AvgIpc) is 2.69. The SMILES string of the molecule is NC(=O)C1(C2CC2)CCCN1. The van der Waals surface area contributed by atoms with Crippen molar-refractivity contribution >= 4 is 5.91 Å². The summed E-state index contributed by atoms with van der Waals surface area (Å²) in [7, 11) is 0. The van der Waals surface area contributed by atoms with Crippen LogP contribution in [-0.2, 0) is 4.79 Å². The van der Waals surface area contributed by atoms with E-state index < -0.39 is 0 Å². The van der Waals surface area contributed by atoms with Crippen LogP contribution < -0.4 is 11.1 Å². The second-order valence-electron chi connectivity index (χ2n) is 3.64. The lowest BCUT2D eigenvalue weighted by molar-refractivity contribution is -0.124. The maximum Gasteiger partial charge on any atom is 0.238 e. The van der Waals surface area contributed by atoms with Gasteiger partial charge < -0.3 is 11.1 Å². The zero-order chi connectivity index (χ0) is 7.90. The van der Waals surface area contributed by atoms with E-state index in [-0.39, 0.29) is 11.4 Å². The van der Waals surface area contributed by atoms with E-state index in [0.29, 0.717) is 5.92 Å². The van der Waals surface area contributed by atoms with Crippen molar-refractivity contribution in [2.45, 2.75) is 31.2 Å². The lowest BCUT2D eigenvalue weighted by Crippen LogP contribution is -2.53. The minimum Gasteiger partial charge on any atom is -0.368 e. The van der Waals surface area contributed by atoms with Gasteiger partial charge in [-0.1, -0.05) is 0 Å². The second-order valence-corrected chi connectivity index (χ2v) is 3.64. The van der Waals surface area contributed by atoms with E-state index in [1.807, 2.05) is 0 Å². The van der Waals surface area contributed by atoms with Gasteiger partial charge in [-0.05, 0) is 38.1 Å². The van der Waals surface area contributed by atoms with Crippen LogP contribution in [0.3, 0.4) is 0 Å². The first-order valence-corrected chi connectivity index (χ1v) is 4.31. The lowest BCUT2D eigenvalue weighted by atomic mass is 9.91. The fraction of sp³-hybridized carbons (Fsp3) is 0.875. The molecule has 1 atom stereocenters. The van der Waals surface area contributed by atoms with Gasteiger partial charge >= 0.3 is 0 Å². The van der Waals surface area contributed by atoms with Gasteiger partial charge in [0.05, 0.1) is 0 Å². The number of rotatable bonds is 2. The molecule has 1 heterocycles. The minimum absolute atomic E-state index is 0.141. The van der Waals surface area contributed by atoms with Crippen LogP contribution in [0.5, 0.6) is 0 Å². The minimum atomic E-state index is -0.306. The van der Waals surface area contributed by atoms with E-state index in [9.17, 15) is 4.79 Å². The molecule has 1 aliphatic carbocycles. The van der Waals surface area contributed by atoms with E-state index in [4.69, 9.17) is 5.73 Å². The number of amides is 1. The van der Waals surface area contributed by atoms with Crippen LogP contribution in [0.25, 0.3) is 0 Å². The van der Waals surface area contributed by atoms with Crippen LogP contribution >= 0.6 is 0 Å². The van der Waals surface area contributed by atoms with Crippen LogP contribution in [0.2, 0.25) is 0 Å². The smallest absolute Gasteiger partial charge is 0.238 e. The van der Waals surface area contributed by atoms with Gasteiger partial charge in [0.2, 0.25) is 5.91 Å². The molecule has 1 unspecified atom stereocenters. The number of hydrogen-bond acceptors (Lipinski definition) is 2. The molecule has 0 spiro atoms. The molecule has 3 heteroatoms. The zero-order valence-electron chi connectivity index (χ0n) is 6.60. The average molecular weight is 154 g/mol. The Morgan fingerprint density at radius 3 is 2.64 bits per heavy atom. The Morgan fingerprint density at radius 2 is 2.27 bits per heavy atom. The zero-order valence-corrected chi connectivity index (χ0v) is 6.60. The van der Waals surface area contributed by atoms with E-state index in [0.717, 1.165) is 19.4 Å². The van der Waals surface area contributed by atoms with E-state index >= 15 is 0 Å². The van der Waals surface area contributed by atoms with Crippen molar-refractivity contribution in [2.24, 2.45) is 11.7 Å². The normalized spacial score (nSPS) is 37.5. The molecule has 1 aliphatic heterocycles. The van der Waals surface area contributed by atoms with Gasteiger partial charge in [0.25, 0.3) is 0 Å². The highest BCUT2D eigenvalue weighted by Gasteiger charge is 2.50. The van der Waals surface area contributed by atoms with Crippen LogP contribution in [0.4, 0.5) is 0 Å². The molecule has 62 valence electrons. The molecule has 1 saturated carbocycles. The Bertz CT molecular complexity index is 181. The van der Waals surface area contributed by atoms with Crippen molar-refractivity contribution in [3.8, 4) is 0 Å². The number of carbonyl (C=O) groups excluding carboxylic acids is 1. The van der Waals surface area contributed by atoms with Crippen LogP contribution in [0.1, 0.15) is 25.7 Å². The summed E-state index contributed by atoms with van der Waals surface area (Å²) < 4.78 is 0. The third kappa shape index (κ3) is 0.948. The van der Waals surface area contributed by atoms with Crippen molar-refractivity contribution in [3.05, 3.63) is 0 Å². The van der Waals surface area contributed by atoms with E-state index in [1.165, 1.54) is 12.8 Å². The van der Waals surface area contributed by atoms with Gasteiger partial charge in [-0.25, -0.2) is 0 Å². The molecular weight excluding hydrogens is 140 g/mol. The number of carbonyl (C=O) groups is 1. The van der Waals surface area contributed by atoms with Crippen LogP contribution in [-0.4, -0.2) is 18.0 Å². The third-order valence-corrected chi connectivity index (χ3v) is 2.90. The van der Waals surface area contributed by atoms with Gasteiger partial charge in [0.1, 0.15) is 5.54 Å². The first kappa shape index (κ1) is 7.10. The lowest BCUT2D eigenvalue weighted by Gasteiger charge is -2.25. The third-order valence-electron chi connectivity index (χ3n) is 2.90. The van der Waals surface area contributed by atoms with Crippen molar-refractivity contribution in [1.29, 1.82) is 0 Å². The number of nitrogens with two attached hydrogens (primary N) is 1. The van der Waals surface area contributed by atoms with E-state index in [1.54, 1.807) is 0 Å². The molecule has 0 aromatic carbocycles.